The fourth-order valence-electron chi connectivity index (χ4n) is 2.15. The van der Waals surface area contributed by atoms with E-state index in [2.05, 4.69) is 5.10 Å². The third kappa shape index (κ3) is 2.45. The quantitative estimate of drug-likeness (QED) is 0.757. The average molecular weight is 258 g/mol. The van der Waals surface area contributed by atoms with Crippen molar-refractivity contribution in [3.8, 4) is 0 Å². The van der Waals surface area contributed by atoms with Crippen molar-refractivity contribution in [3.05, 3.63) is 18.5 Å². The molecule has 94 valence electrons. The van der Waals surface area contributed by atoms with E-state index < -0.39 is 5.38 Å². The van der Waals surface area contributed by atoms with Crippen LogP contribution in [0.1, 0.15) is 13.0 Å². The number of aromatic nitrogens is 2. The molecule has 1 saturated heterocycles. The van der Waals surface area contributed by atoms with Gasteiger partial charge in [-0.05, 0) is 13.0 Å². The number of amides is 1. The lowest BCUT2D eigenvalue weighted by molar-refractivity contribution is -0.129. The molecule has 1 aliphatic rings. The molecule has 1 aromatic rings. The second-order valence-corrected chi connectivity index (χ2v) is 4.84. The average Bonchev–Trinajstić information content (AvgIpc) is 2.95. The van der Waals surface area contributed by atoms with E-state index in [4.69, 9.17) is 16.3 Å². The molecule has 0 saturated carbocycles. The maximum atomic E-state index is 11.8. The van der Waals surface area contributed by atoms with Crippen LogP contribution in [0.4, 0.5) is 0 Å². The molecule has 0 N–H and O–H groups in total. The Hall–Kier alpha value is -1.07. The lowest BCUT2D eigenvalue weighted by Crippen LogP contribution is -2.34. The highest BCUT2D eigenvalue weighted by atomic mass is 35.5. The first-order chi connectivity index (χ1) is 8.13. The Morgan fingerprint density at radius 3 is 2.88 bits per heavy atom. The van der Waals surface area contributed by atoms with Gasteiger partial charge in [0.15, 0.2) is 0 Å². The van der Waals surface area contributed by atoms with Crippen LogP contribution in [0.3, 0.4) is 0 Å². The van der Waals surface area contributed by atoms with E-state index in [1.807, 2.05) is 16.9 Å². The normalized spacial score (nSPS) is 26.2. The largest absolute Gasteiger partial charge is 0.377 e. The van der Waals surface area contributed by atoms with E-state index in [1.54, 1.807) is 25.1 Å². The zero-order valence-electron chi connectivity index (χ0n) is 9.91. The van der Waals surface area contributed by atoms with Crippen molar-refractivity contribution < 1.29 is 9.53 Å². The molecule has 0 spiro atoms. The highest BCUT2D eigenvalue weighted by Gasteiger charge is 2.37. The van der Waals surface area contributed by atoms with Gasteiger partial charge in [-0.1, -0.05) is 0 Å². The molecular weight excluding hydrogens is 242 g/mol. The van der Waals surface area contributed by atoms with Gasteiger partial charge in [0.2, 0.25) is 5.91 Å². The molecule has 17 heavy (non-hydrogen) atoms. The van der Waals surface area contributed by atoms with Crippen molar-refractivity contribution in [2.75, 3.05) is 20.2 Å². The number of rotatable bonds is 3. The molecule has 0 aliphatic carbocycles. The Morgan fingerprint density at radius 1 is 1.59 bits per heavy atom. The summed E-state index contributed by atoms with van der Waals surface area (Å²) in [4.78, 5) is 13.6. The third-order valence-corrected chi connectivity index (χ3v) is 3.24. The first-order valence-electron chi connectivity index (χ1n) is 5.58. The van der Waals surface area contributed by atoms with Gasteiger partial charge in [0.05, 0.1) is 12.1 Å². The van der Waals surface area contributed by atoms with Gasteiger partial charge >= 0.3 is 0 Å². The number of alkyl halides is 1. The minimum Gasteiger partial charge on any atom is -0.377 e. The minimum atomic E-state index is -0.496. The topological polar surface area (TPSA) is 47.4 Å². The van der Waals surface area contributed by atoms with Crippen LogP contribution in [0.5, 0.6) is 0 Å². The molecule has 1 aromatic heterocycles. The van der Waals surface area contributed by atoms with Crippen LogP contribution in [0.25, 0.3) is 0 Å². The molecule has 1 fully saturated rings. The number of likely N-dealkylation sites (tertiary alicyclic amines) is 1. The van der Waals surface area contributed by atoms with E-state index >= 15 is 0 Å². The number of halogens is 1. The second-order valence-electron chi connectivity index (χ2n) is 4.19. The van der Waals surface area contributed by atoms with E-state index in [-0.39, 0.29) is 18.1 Å². The van der Waals surface area contributed by atoms with Crippen molar-refractivity contribution in [1.29, 1.82) is 0 Å². The second kappa shape index (κ2) is 5.06. The van der Waals surface area contributed by atoms with Crippen LogP contribution in [0.2, 0.25) is 0 Å². The molecule has 3 unspecified atom stereocenters. The molecule has 1 amide bonds. The highest BCUT2D eigenvalue weighted by Crippen LogP contribution is 2.24. The first-order valence-corrected chi connectivity index (χ1v) is 6.02. The molecule has 2 rings (SSSR count). The molecular formula is C11H16ClN3O2. The fourth-order valence-corrected chi connectivity index (χ4v) is 2.29. The molecule has 2 heterocycles. The third-order valence-electron chi connectivity index (χ3n) is 3.06. The molecule has 6 heteroatoms. The zero-order chi connectivity index (χ0) is 12.4. The summed E-state index contributed by atoms with van der Waals surface area (Å²) in [6.45, 7) is 2.85. The summed E-state index contributed by atoms with van der Waals surface area (Å²) in [5, 5.41) is 3.70. The lowest BCUT2D eigenvalue weighted by Gasteiger charge is -2.17. The van der Waals surface area contributed by atoms with Gasteiger partial charge in [0, 0.05) is 32.6 Å². The van der Waals surface area contributed by atoms with Gasteiger partial charge < -0.3 is 9.64 Å². The molecule has 1 aliphatic heterocycles. The minimum absolute atomic E-state index is 0.0331. The monoisotopic (exact) mass is 257 g/mol. The first kappa shape index (κ1) is 12.4. The maximum absolute atomic E-state index is 11.8. The van der Waals surface area contributed by atoms with Gasteiger partial charge in [-0.3, -0.25) is 9.48 Å². The van der Waals surface area contributed by atoms with Gasteiger partial charge in [-0.15, -0.1) is 11.6 Å². The summed E-state index contributed by atoms with van der Waals surface area (Å²) >= 11 is 5.82. The van der Waals surface area contributed by atoms with Crippen molar-refractivity contribution >= 4 is 17.5 Å². The number of carbonyl (C=O) groups excluding carboxylic acids is 1. The van der Waals surface area contributed by atoms with Crippen molar-refractivity contribution in [2.45, 2.75) is 24.4 Å². The van der Waals surface area contributed by atoms with Crippen LogP contribution in [-0.2, 0) is 9.53 Å². The van der Waals surface area contributed by atoms with E-state index in [9.17, 15) is 4.79 Å². The van der Waals surface area contributed by atoms with E-state index in [0.29, 0.717) is 13.1 Å². The molecule has 0 radical (unpaired) electrons. The fraction of sp³-hybridized carbons (Fsp3) is 0.636. The predicted octanol–water partition coefficient (Wildman–Crippen LogP) is 0.909. The van der Waals surface area contributed by atoms with E-state index in [0.717, 1.165) is 0 Å². The molecule has 0 aromatic carbocycles. The Balaban J connectivity index is 2.11. The number of nitrogens with zero attached hydrogens (tertiary/aromatic N) is 3. The van der Waals surface area contributed by atoms with Gasteiger partial charge in [0.25, 0.3) is 0 Å². The lowest BCUT2D eigenvalue weighted by atomic mass is 10.2. The Labute approximate surface area is 105 Å². The van der Waals surface area contributed by atoms with Crippen LogP contribution < -0.4 is 0 Å². The van der Waals surface area contributed by atoms with Crippen molar-refractivity contribution in [3.63, 3.8) is 0 Å². The van der Waals surface area contributed by atoms with Crippen molar-refractivity contribution in [1.82, 2.24) is 14.7 Å². The summed E-state index contributed by atoms with van der Waals surface area (Å²) < 4.78 is 7.24. The van der Waals surface area contributed by atoms with Gasteiger partial charge in [-0.2, -0.15) is 5.10 Å². The standard InChI is InChI=1S/C11H16ClN3O2/c1-8(12)11(16)14-6-9(10(7-14)17-2)15-5-3-4-13-15/h3-5,8-10H,6-7H2,1-2H3. The number of methoxy groups -OCH3 is 1. The van der Waals surface area contributed by atoms with Crippen LogP contribution in [0, 0.1) is 0 Å². The molecule has 0 bridgehead atoms. The Morgan fingerprint density at radius 2 is 2.35 bits per heavy atom. The van der Waals surface area contributed by atoms with Crippen LogP contribution in [0.15, 0.2) is 18.5 Å². The number of hydrogen-bond acceptors (Lipinski definition) is 3. The van der Waals surface area contributed by atoms with Gasteiger partial charge in [-0.25, -0.2) is 0 Å². The van der Waals surface area contributed by atoms with Crippen LogP contribution >= 0.6 is 11.6 Å². The number of hydrogen-bond donors (Lipinski definition) is 0. The molecule has 5 nitrogen and oxygen atoms in total. The summed E-state index contributed by atoms with van der Waals surface area (Å²) in [6.07, 6.45) is 3.57. The number of ether oxygens (including phenoxy) is 1. The maximum Gasteiger partial charge on any atom is 0.240 e. The number of carbonyl (C=O) groups is 1. The summed E-state index contributed by atoms with van der Waals surface area (Å²) in [5.74, 6) is -0.0524. The zero-order valence-corrected chi connectivity index (χ0v) is 10.7. The molecule has 3 atom stereocenters. The summed E-state index contributed by atoms with van der Waals surface area (Å²) in [5.41, 5.74) is 0. The Kier molecular flexibility index (Phi) is 3.69. The summed E-state index contributed by atoms with van der Waals surface area (Å²) in [7, 11) is 1.65. The SMILES string of the molecule is COC1CN(C(=O)C(C)Cl)CC1n1cccn1. The summed E-state index contributed by atoms with van der Waals surface area (Å²) in [6, 6.07) is 1.93. The van der Waals surface area contributed by atoms with Crippen molar-refractivity contribution in [2.24, 2.45) is 0 Å². The van der Waals surface area contributed by atoms with Crippen LogP contribution in [-0.4, -0.2) is 52.3 Å². The van der Waals surface area contributed by atoms with E-state index in [1.165, 1.54) is 0 Å². The van der Waals surface area contributed by atoms with Gasteiger partial charge in [0.1, 0.15) is 5.38 Å². The highest BCUT2D eigenvalue weighted by molar-refractivity contribution is 6.30. The smallest absolute Gasteiger partial charge is 0.240 e. The predicted molar refractivity (Wildman–Crippen MR) is 64.0 cm³/mol. The Bertz CT molecular complexity index is 380.